The summed E-state index contributed by atoms with van der Waals surface area (Å²) in [5.41, 5.74) is 4.05. The Morgan fingerprint density at radius 2 is 1.81 bits per heavy atom. The number of nitrogens with zero attached hydrogens (tertiary/aromatic N) is 1. The molecule has 3 rings (SSSR count). The van der Waals surface area contributed by atoms with Crippen molar-refractivity contribution in [3.8, 4) is 0 Å². The number of benzene rings is 1. The molecule has 1 spiro atoms. The number of ether oxygens (including phenoxy) is 2. The minimum atomic E-state index is -1.19. The van der Waals surface area contributed by atoms with Crippen molar-refractivity contribution >= 4 is 11.6 Å². The van der Waals surface area contributed by atoms with Crippen LogP contribution in [-0.2, 0) is 20.1 Å². The Hall–Kier alpha value is -1.39. The fourth-order valence-electron chi connectivity index (χ4n) is 3.23. The molecule has 0 unspecified atom stereocenters. The molecule has 4 heteroatoms. The quantitative estimate of drug-likeness (QED) is 0.859. The van der Waals surface area contributed by atoms with Crippen LogP contribution in [0, 0.1) is 19.8 Å². The second kappa shape index (κ2) is 5.11. The SMILES string of the molecule is Cc1ccc(C)c2c1N(CCC(C)C)C(=O)C21OCCO1. The minimum absolute atomic E-state index is 0.0620. The normalized spacial score (nSPS) is 19.9. The molecule has 0 N–H and O–H groups in total. The van der Waals surface area contributed by atoms with Crippen LogP contribution in [0.3, 0.4) is 0 Å². The molecule has 2 heterocycles. The average molecular weight is 289 g/mol. The zero-order valence-corrected chi connectivity index (χ0v) is 13.2. The summed E-state index contributed by atoms with van der Waals surface area (Å²) in [4.78, 5) is 14.8. The zero-order chi connectivity index (χ0) is 15.2. The Balaban J connectivity index is 2.11. The van der Waals surface area contributed by atoms with E-state index in [4.69, 9.17) is 9.47 Å². The molecule has 21 heavy (non-hydrogen) atoms. The van der Waals surface area contributed by atoms with Crippen LogP contribution in [0.25, 0.3) is 0 Å². The molecule has 0 bridgehead atoms. The predicted molar refractivity (Wildman–Crippen MR) is 81.3 cm³/mol. The van der Waals surface area contributed by atoms with Gasteiger partial charge in [-0.2, -0.15) is 0 Å². The van der Waals surface area contributed by atoms with E-state index >= 15 is 0 Å². The van der Waals surface area contributed by atoms with E-state index in [0.29, 0.717) is 25.7 Å². The molecule has 0 aromatic heterocycles. The highest BCUT2D eigenvalue weighted by Gasteiger charge is 2.57. The Labute approximate surface area is 126 Å². The van der Waals surface area contributed by atoms with Gasteiger partial charge in [-0.25, -0.2) is 0 Å². The maximum atomic E-state index is 13.0. The van der Waals surface area contributed by atoms with Crippen molar-refractivity contribution in [3.63, 3.8) is 0 Å². The van der Waals surface area contributed by atoms with Gasteiger partial charge in [-0.1, -0.05) is 26.0 Å². The number of aryl methyl sites for hydroxylation is 2. The van der Waals surface area contributed by atoms with E-state index in [1.165, 1.54) is 0 Å². The van der Waals surface area contributed by atoms with Gasteiger partial charge in [0.1, 0.15) is 0 Å². The Kier molecular flexibility index (Phi) is 3.54. The molecule has 2 aliphatic rings. The number of amides is 1. The molecule has 0 radical (unpaired) electrons. The number of rotatable bonds is 3. The van der Waals surface area contributed by atoms with E-state index in [1.54, 1.807) is 0 Å². The highest BCUT2D eigenvalue weighted by molar-refractivity contribution is 6.07. The van der Waals surface area contributed by atoms with Crippen LogP contribution in [0.4, 0.5) is 5.69 Å². The first kappa shape index (κ1) is 14.5. The van der Waals surface area contributed by atoms with Crippen LogP contribution in [-0.4, -0.2) is 25.7 Å². The number of fused-ring (bicyclic) bond motifs is 2. The number of hydrogen-bond acceptors (Lipinski definition) is 3. The van der Waals surface area contributed by atoms with E-state index < -0.39 is 5.79 Å². The van der Waals surface area contributed by atoms with Crippen molar-refractivity contribution in [3.05, 3.63) is 28.8 Å². The summed E-state index contributed by atoms with van der Waals surface area (Å²) >= 11 is 0. The third-order valence-corrected chi connectivity index (χ3v) is 4.34. The lowest BCUT2D eigenvalue weighted by Crippen LogP contribution is -2.42. The first-order chi connectivity index (χ1) is 9.97. The van der Waals surface area contributed by atoms with Gasteiger partial charge in [0.25, 0.3) is 11.7 Å². The molecule has 1 aromatic rings. The number of anilines is 1. The fourth-order valence-corrected chi connectivity index (χ4v) is 3.23. The molecule has 4 nitrogen and oxygen atoms in total. The van der Waals surface area contributed by atoms with Gasteiger partial charge in [-0.15, -0.1) is 0 Å². The third kappa shape index (κ3) is 2.09. The molecule has 1 amide bonds. The summed E-state index contributed by atoms with van der Waals surface area (Å²) < 4.78 is 11.6. The summed E-state index contributed by atoms with van der Waals surface area (Å²) in [5, 5.41) is 0. The molecule has 1 saturated heterocycles. The van der Waals surface area contributed by atoms with Crippen LogP contribution >= 0.6 is 0 Å². The highest BCUT2D eigenvalue weighted by Crippen LogP contribution is 2.48. The van der Waals surface area contributed by atoms with Gasteiger partial charge >= 0.3 is 0 Å². The first-order valence-corrected chi connectivity index (χ1v) is 7.68. The van der Waals surface area contributed by atoms with Gasteiger partial charge in [0, 0.05) is 12.1 Å². The lowest BCUT2D eigenvalue weighted by molar-refractivity contribution is -0.180. The van der Waals surface area contributed by atoms with E-state index in [1.807, 2.05) is 24.8 Å². The zero-order valence-electron chi connectivity index (χ0n) is 13.2. The van der Waals surface area contributed by atoms with E-state index in [2.05, 4.69) is 19.9 Å². The maximum absolute atomic E-state index is 13.0. The van der Waals surface area contributed by atoms with Crippen LogP contribution in [0.1, 0.15) is 37.0 Å². The van der Waals surface area contributed by atoms with Crippen LogP contribution in [0.15, 0.2) is 12.1 Å². The number of carbonyl (C=O) groups excluding carboxylic acids is 1. The van der Waals surface area contributed by atoms with E-state index in [9.17, 15) is 4.79 Å². The lowest BCUT2D eigenvalue weighted by Gasteiger charge is -2.23. The fraction of sp³-hybridized carbons (Fsp3) is 0.588. The molecule has 1 aromatic carbocycles. The molecule has 0 aliphatic carbocycles. The van der Waals surface area contributed by atoms with E-state index in [0.717, 1.165) is 28.8 Å². The molecule has 0 atom stereocenters. The minimum Gasteiger partial charge on any atom is -0.336 e. The molecule has 1 fully saturated rings. The summed E-state index contributed by atoms with van der Waals surface area (Å²) in [6.07, 6.45) is 0.967. The molecule has 114 valence electrons. The third-order valence-electron chi connectivity index (χ3n) is 4.34. The van der Waals surface area contributed by atoms with Crippen molar-refractivity contribution in [2.75, 3.05) is 24.7 Å². The van der Waals surface area contributed by atoms with E-state index in [-0.39, 0.29) is 5.91 Å². The number of hydrogen-bond donors (Lipinski definition) is 0. The molecule has 2 aliphatic heterocycles. The Morgan fingerprint density at radius 1 is 1.19 bits per heavy atom. The predicted octanol–water partition coefficient (Wildman–Crippen LogP) is 2.90. The van der Waals surface area contributed by atoms with Gasteiger partial charge in [-0.3, -0.25) is 4.79 Å². The van der Waals surface area contributed by atoms with Crippen molar-refractivity contribution in [1.29, 1.82) is 0 Å². The highest BCUT2D eigenvalue weighted by atomic mass is 16.7. The molecular formula is C17H23NO3. The van der Waals surface area contributed by atoms with Crippen molar-refractivity contribution < 1.29 is 14.3 Å². The van der Waals surface area contributed by atoms with Gasteiger partial charge < -0.3 is 14.4 Å². The standard InChI is InChI=1S/C17H23NO3/c1-11(2)7-8-18-15-13(4)6-5-12(3)14(15)17(16(18)19)20-9-10-21-17/h5-6,11H,7-10H2,1-4H3. The van der Waals surface area contributed by atoms with Gasteiger partial charge in [-0.05, 0) is 37.3 Å². The number of carbonyl (C=O) groups is 1. The Bertz CT molecular complexity index is 574. The van der Waals surface area contributed by atoms with Gasteiger partial charge in [0.15, 0.2) is 0 Å². The summed E-state index contributed by atoms with van der Waals surface area (Å²) in [5.74, 6) is -0.705. The van der Waals surface area contributed by atoms with Crippen LogP contribution in [0.5, 0.6) is 0 Å². The van der Waals surface area contributed by atoms with Gasteiger partial charge in [0.2, 0.25) is 0 Å². The second-order valence-corrected chi connectivity index (χ2v) is 6.38. The van der Waals surface area contributed by atoms with Crippen LogP contribution in [0.2, 0.25) is 0 Å². The Morgan fingerprint density at radius 3 is 2.43 bits per heavy atom. The topological polar surface area (TPSA) is 38.8 Å². The van der Waals surface area contributed by atoms with Crippen LogP contribution < -0.4 is 4.90 Å². The van der Waals surface area contributed by atoms with Crippen molar-refractivity contribution in [2.24, 2.45) is 5.92 Å². The average Bonchev–Trinajstić information content (AvgIpc) is 3.00. The lowest BCUT2D eigenvalue weighted by atomic mass is 9.98. The summed E-state index contributed by atoms with van der Waals surface area (Å²) in [6.45, 7) is 10.0. The molecule has 0 saturated carbocycles. The summed E-state index contributed by atoms with van der Waals surface area (Å²) in [6, 6.07) is 4.11. The first-order valence-electron chi connectivity index (χ1n) is 7.68. The summed E-state index contributed by atoms with van der Waals surface area (Å²) in [7, 11) is 0. The van der Waals surface area contributed by atoms with Crippen molar-refractivity contribution in [2.45, 2.75) is 39.9 Å². The maximum Gasteiger partial charge on any atom is 0.292 e. The van der Waals surface area contributed by atoms with Crippen molar-refractivity contribution in [1.82, 2.24) is 0 Å². The monoisotopic (exact) mass is 289 g/mol. The largest absolute Gasteiger partial charge is 0.336 e. The second-order valence-electron chi connectivity index (χ2n) is 6.38. The van der Waals surface area contributed by atoms with Gasteiger partial charge in [0.05, 0.1) is 18.9 Å². The smallest absolute Gasteiger partial charge is 0.292 e. The molecular weight excluding hydrogens is 266 g/mol.